The van der Waals surface area contributed by atoms with Crippen molar-refractivity contribution >= 4 is 16.8 Å². The number of carbonyl (C=O) groups is 1. The second kappa shape index (κ2) is 7.99. The number of H-pyrrole nitrogens is 1. The third-order valence-electron chi connectivity index (χ3n) is 5.31. The van der Waals surface area contributed by atoms with Crippen LogP contribution in [-0.4, -0.2) is 27.2 Å². The molecule has 0 atom stereocenters. The standard InChI is InChI=1S/C25H22N4O2/c1-17-11-12-23(31-17)24-21(16-29(28-24)19-7-3-2-4-8-19)25(30)26-14-13-18-15-27-22-10-6-5-9-20(18)22/h2-12,15-16,27H,13-14H2,1H3,(H,26,30). The Morgan fingerprint density at radius 1 is 1.06 bits per heavy atom. The lowest BCUT2D eigenvalue weighted by Gasteiger charge is -2.04. The Balaban J connectivity index is 1.39. The molecular weight excluding hydrogens is 388 g/mol. The summed E-state index contributed by atoms with van der Waals surface area (Å²) in [5.74, 6) is 1.18. The zero-order valence-electron chi connectivity index (χ0n) is 17.1. The largest absolute Gasteiger partial charge is 0.460 e. The van der Waals surface area contributed by atoms with E-state index in [2.05, 4.69) is 21.5 Å². The normalized spacial score (nSPS) is 11.1. The van der Waals surface area contributed by atoms with Crippen molar-refractivity contribution in [2.75, 3.05) is 6.54 Å². The fourth-order valence-electron chi connectivity index (χ4n) is 3.74. The monoisotopic (exact) mass is 410 g/mol. The second-order valence-corrected chi connectivity index (χ2v) is 7.45. The van der Waals surface area contributed by atoms with Crippen LogP contribution in [0.3, 0.4) is 0 Å². The van der Waals surface area contributed by atoms with E-state index in [0.717, 1.165) is 23.4 Å². The van der Waals surface area contributed by atoms with Gasteiger partial charge in [-0.15, -0.1) is 0 Å². The predicted octanol–water partition coefficient (Wildman–Crippen LogP) is 4.89. The van der Waals surface area contributed by atoms with Crippen molar-refractivity contribution in [1.29, 1.82) is 0 Å². The molecule has 0 bridgehead atoms. The molecule has 3 aromatic heterocycles. The number of benzene rings is 2. The van der Waals surface area contributed by atoms with Crippen LogP contribution in [-0.2, 0) is 6.42 Å². The summed E-state index contributed by atoms with van der Waals surface area (Å²) < 4.78 is 7.47. The third kappa shape index (κ3) is 3.75. The minimum absolute atomic E-state index is 0.175. The Morgan fingerprint density at radius 3 is 2.68 bits per heavy atom. The molecular formula is C25H22N4O2. The van der Waals surface area contributed by atoms with Crippen LogP contribution in [0.2, 0.25) is 0 Å². The van der Waals surface area contributed by atoms with Crippen LogP contribution in [0.15, 0.2) is 83.5 Å². The number of aryl methyl sites for hydroxylation is 1. The number of rotatable bonds is 6. The molecule has 0 aliphatic heterocycles. The Labute approximate surface area is 179 Å². The molecule has 0 aliphatic carbocycles. The zero-order chi connectivity index (χ0) is 21.2. The number of amides is 1. The number of aromatic nitrogens is 3. The van der Waals surface area contributed by atoms with Crippen LogP contribution >= 0.6 is 0 Å². The van der Waals surface area contributed by atoms with Crippen LogP contribution in [0.5, 0.6) is 0 Å². The first-order chi connectivity index (χ1) is 15.2. The molecule has 0 fully saturated rings. The quantitative estimate of drug-likeness (QED) is 0.418. The summed E-state index contributed by atoms with van der Waals surface area (Å²) in [5, 5.41) is 8.86. The highest BCUT2D eigenvalue weighted by Crippen LogP contribution is 2.26. The van der Waals surface area contributed by atoms with Gasteiger partial charge in [-0.1, -0.05) is 36.4 Å². The Hall–Kier alpha value is -4.06. The number of nitrogens with zero attached hydrogens (tertiary/aromatic N) is 2. The molecule has 5 rings (SSSR count). The van der Waals surface area contributed by atoms with Gasteiger partial charge in [-0.25, -0.2) is 4.68 Å². The highest BCUT2D eigenvalue weighted by molar-refractivity contribution is 5.99. The van der Waals surface area contributed by atoms with Crippen molar-refractivity contribution in [3.05, 3.63) is 96.0 Å². The smallest absolute Gasteiger partial charge is 0.255 e. The van der Waals surface area contributed by atoms with Crippen LogP contribution in [0.1, 0.15) is 21.7 Å². The second-order valence-electron chi connectivity index (χ2n) is 7.45. The van der Waals surface area contributed by atoms with E-state index >= 15 is 0 Å². The van der Waals surface area contributed by atoms with E-state index in [-0.39, 0.29) is 5.91 Å². The van der Waals surface area contributed by atoms with Crippen LogP contribution in [0.25, 0.3) is 28.0 Å². The maximum atomic E-state index is 13.1. The molecule has 5 aromatic rings. The van der Waals surface area contributed by atoms with Crippen molar-refractivity contribution < 1.29 is 9.21 Å². The Kier molecular flexibility index (Phi) is 4.88. The molecule has 0 radical (unpaired) electrons. The molecule has 0 saturated heterocycles. The van der Waals surface area contributed by atoms with Crippen LogP contribution in [0.4, 0.5) is 0 Å². The fourth-order valence-corrected chi connectivity index (χ4v) is 3.74. The van der Waals surface area contributed by atoms with Crippen molar-refractivity contribution in [2.45, 2.75) is 13.3 Å². The molecule has 1 amide bonds. The molecule has 31 heavy (non-hydrogen) atoms. The fraction of sp³-hybridized carbons (Fsp3) is 0.120. The van der Waals surface area contributed by atoms with Gasteiger partial charge in [0.2, 0.25) is 0 Å². The summed E-state index contributed by atoms with van der Waals surface area (Å²) in [6.07, 6.45) is 4.49. The average molecular weight is 410 g/mol. The van der Waals surface area contributed by atoms with Gasteiger partial charge in [0.1, 0.15) is 11.5 Å². The number of hydrogen-bond acceptors (Lipinski definition) is 3. The van der Waals surface area contributed by atoms with E-state index in [1.54, 1.807) is 10.9 Å². The molecule has 0 spiro atoms. The highest BCUT2D eigenvalue weighted by atomic mass is 16.3. The number of aromatic amines is 1. The van der Waals surface area contributed by atoms with Gasteiger partial charge in [-0.05, 0) is 49.2 Å². The molecule has 3 heterocycles. The average Bonchev–Trinajstić information content (AvgIpc) is 3.52. The number of carbonyl (C=O) groups excluding carboxylic acids is 1. The van der Waals surface area contributed by atoms with Crippen molar-refractivity contribution in [1.82, 2.24) is 20.1 Å². The number of hydrogen-bond donors (Lipinski definition) is 2. The van der Waals surface area contributed by atoms with E-state index in [0.29, 0.717) is 23.6 Å². The van der Waals surface area contributed by atoms with Crippen molar-refractivity contribution in [3.8, 4) is 17.1 Å². The summed E-state index contributed by atoms with van der Waals surface area (Å²) in [6.45, 7) is 2.40. The topological polar surface area (TPSA) is 75.8 Å². The SMILES string of the molecule is Cc1ccc(-c2nn(-c3ccccc3)cc2C(=O)NCCc2c[nH]c3ccccc23)o1. The molecule has 154 valence electrons. The number of nitrogens with one attached hydrogen (secondary N) is 2. The Morgan fingerprint density at radius 2 is 1.87 bits per heavy atom. The van der Waals surface area contributed by atoms with Gasteiger partial charge in [0, 0.05) is 29.8 Å². The lowest BCUT2D eigenvalue weighted by atomic mass is 10.1. The molecule has 2 aromatic carbocycles. The lowest BCUT2D eigenvalue weighted by molar-refractivity contribution is 0.0954. The Bertz CT molecular complexity index is 1340. The summed E-state index contributed by atoms with van der Waals surface area (Å²) in [4.78, 5) is 16.3. The van der Waals surface area contributed by atoms with E-state index in [4.69, 9.17) is 4.42 Å². The molecule has 6 nitrogen and oxygen atoms in total. The molecule has 2 N–H and O–H groups in total. The van der Waals surface area contributed by atoms with Gasteiger partial charge in [0.05, 0.1) is 11.3 Å². The number of fused-ring (bicyclic) bond motifs is 1. The van der Waals surface area contributed by atoms with Gasteiger partial charge in [0.15, 0.2) is 5.76 Å². The maximum Gasteiger partial charge on any atom is 0.255 e. The first kappa shape index (κ1) is 18.9. The van der Waals surface area contributed by atoms with E-state index in [1.807, 2.05) is 73.8 Å². The van der Waals surface area contributed by atoms with Crippen molar-refractivity contribution in [2.24, 2.45) is 0 Å². The minimum Gasteiger partial charge on any atom is -0.460 e. The van der Waals surface area contributed by atoms with Gasteiger partial charge >= 0.3 is 0 Å². The van der Waals surface area contributed by atoms with Crippen LogP contribution < -0.4 is 5.32 Å². The summed E-state index contributed by atoms with van der Waals surface area (Å²) in [6, 6.07) is 21.6. The number of para-hydroxylation sites is 2. The maximum absolute atomic E-state index is 13.1. The molecule has 0 aliphatic rings. The zero-order valence-corrected chi connectivity index (χ0v) is 17.1. The first-order valence-corrected chi connectivity index (χ1v) is 10.2. The van der Waals surface area contributed by atoms with E-state index in [1.165, 1.54) is 10.9 Å². The summed E-state index contributed by atoms with van der Waals surface area (Å²) in [5.41, 5.74) is 4.17. The summed E-state index contributed by atoms with van der Waals surface area (Å²) in [7, 11) is 0. The minimum atomic E-state index is -0.175. The van der Waals surface area contributed by atoms with E-state index < -0.39 is 0 Å². The molecule has 6 heteroatoms. The van der Waals surface area contributed by atoms with Crippen molar-refractivity contribution in [3.63, 3.8) is 0 Å². The third-order valence-corrected chi connectivity index (χ3v) is 5.31. The van der Waals surface area contributed by atoms with E-state index in [9.17, 15) is 4.79 Å². The van der Waals surface area contributed by atoms with Gasteiger partial charge < -0.3 is 14.7 Å². The van der Waals surface area contributed by atoms with Gasteiger partial charge in [-0.3, -0.25) is 4.79 Å². The lowest BCUT2D eigenvalue weighted by Crippen LogP contribution is -2.25. The predicted molar refractivity (Wildman–Crippen MR) is 120 cm³/mol. The van der Waals surface area contributed by atoms with Crippen LogP contribution in [0, 0.1) is 6.92 Å². The molecule has 0 saturated carbocycles. The molecule has 0 unspecified atom stereocenters. The van der Waals surface area contributed by atoms with Gasteiger partial charge in [-0.2, -0.15) is 5.10 Å². The summed E-state index contributed by atoms with van der Waals surface area (Å²) >= 11 is 0. The first-order valence-electron chi connectivity index (χ1n) is 10.2. The number of furan rings is 1. The van der Waals surface area contributed by atoms with Gasteiger partial charge in [0.25, 0.3) is 5.91 Å². The highest BCUT2D eigenvalue weighted by Gasteiger charge is 2.20.